The average Bonchev–Trinajstić information content (AvgIpc) is 3.43. The van der Waals surface area contributed by atoms with Gasteiger partial charge in [-0.3, -0.25) is 4.79 Å². The molecule has 0 aliphatic carbocycles. The van der Waals surface area contributed by atoms with E-state index in [2.05, 4.69) is 57.2 Å². The maximum atomic E-state index is 12.3. The van der Waals surface area contributed by atoms with E-state index in [1.807, 2.05) is 41.8 Å². The van der Waals surface area contributed by atoms with Gasteiger partial charge in [0.15, 0.2) is 16.8 Å². The standard InChI is InChI=1S/C24H22BrN3O2S/c1-15(2)16-3-5-18(6-4-16)21-13-26-23(30-21)12-11-22(29)28-24-27-20(14-31-24)17-7-9-19(25)10-8-17/h3-10,13-15H,11-12H2,1-2H3,(H,27,28,29). The fourth-order valence-corrected chi connectivity index (χ4v) is 4.08. The van der Waals surface area contributed by atoms with Crippen LogP contribution >= 0.6 is 27.3 Å². The molecule has 4 rings (SSSR count). The first-order valence-electron chi connectivity index (χ1n) is 10.0. The summed E-state index contributed by atoms with van der Waals surface area (Å²) in [5, 5.41) is 5.38. The molecule has 31 heavy (non-hydrogen) atoms. The Morgan fingerprint density at radius 1 is 1.10 bits per heavy atom. The average molecular weight is 496 g/mol. The molecule has 0 unspecified atom stereocenters. The van der Waals surface area contributed by atoms with Crippen LogP contribution < -0.4 is 5.32 Å². The van der Waals surface area contributed by atoms with Crippen molar-refractivity contribution < 1.29 is 9.21 Å². The molecule has 0 spiro atoms. The summed E-state index contributed by atoms with van der Waals surface area (Å²) in [5.74, 6) is 1.64. The van der Waals surface area contributed by atoms with E-state index in [0.29, 0.717) is 29.1 Å². The highest BCUT2D eigenvalue weighted by atomic mass is 79.9. The molecule has 5 nitrogen and oxygen atoms in total. The number of thiazole rings is 1. The summed E-state index contributed by atoms with van der Waals surface area (Å²) in [5.41, 5.74) is 4.11. The molecule has 0 aliphatic heterocycles. The zero-order valence-electron chi connectivity index (χ0n) is 17.3. The van der Waals surface area contributed by atoms with Crippen LogP contribution in [-0.2, 0) is 11.2 Å². The number of aromatic nitrogens is 2. The number of carbonyl (C=O) groups is 1. The van der Waals surface area contributed by atoms with Crippen LogP contribution in [0.5, 0.6) is 0 Å². The number of rotatable bonds is 7. The number of halogens is 1. The second-order valence-electron chi connectivity index (χ2n) is 7.49. The Labute approximate surface area is 193 Å². The molecular formula is C24H22BrN3O2S. The van der Waals surface area contributed by atoms with Crippen LogP contribution in [-0.4, -0.2) is 15.9 Å². The van der Waals surface area contributed by atoms with Crippen LogP contribution in [0.1, 0.15) is 37.6 Å². The van der Waals surface area contributed by atoms with Crippen LogP contribution in [0.3, 0.4) is 0 Å². The first kappa shape index (κ1) is 21.5. The third-order valence-electron chi connectivity index (χ3n) is 4.87. The molecule has 0 radical (unpaired) electrons. The van der Waals surface area contributed by atoms with Gasteiger partial charge in [0.05, 0.1) is 11.9 Å². The number of anilines is 1. The lowest BCUT2D eigenvalue weighted by Gasteiger charge is -2.05. The minimum atomic E-state index is -0.113. The van der Waals surface area contributed by atoms with E-state index in [1.165, 1.54) is 16.9 Å². The molecule has 1 amide bonds. The van der Waals surface area contributed by atoms with Gasteiger partial charge < -0.3 is 9.73 Å². The number of hydrogen-bond donors (Lipinski definition) is 1. The Kier molecular flexibility index (Phi) is 6.63. The maximum Gasteiger partial charge on any atom is 0.226 e. The third-order valence-corrected chi connectivity index (χ3v) is 6.16. The highest BCUT2D eigenvalue weighted by molar-refractivity contribution is 9.10. The first-order chi connectivity index (χ1) is 15.0. The number of nitrogens with one attached hydrogen (secondary N) is 1. The molecule has 2 heterocycles. The minimum Gasteiger partial charge on any atom is -0.441 e. The Morgan fingerprint density at radius 3 is 2.52 bits per heavy atom. The quantitative estimate of drug-likeness (QED) is 0.302. The fourth-order valence-electron chi connectivity index (χ4n) is 3.08. The summed E-state index contributed by atoms with van der Waals surface area (Å²) in [6.45, 7) is 4.33. The lowest BCUT2D eigenvalue weighted by atomic mass is 10.0. The maximum absolute atomic E-state index is 12.3. The van der Waals surface area contributed by atoms with E-state index in [4.69, 9.17) is 4.42 Å². The van der Waals surface area contributed by atoms with Crippen molar-refractivity contribution in [3.63, 3.8) is 0 Å². The molecule has 0 aliphatic rings. The molecule has 4 aromatic rings. The van der Waals surface area contributed by atoms with Gasteiger partial charge in [0, 0.05) is 33.8 Å². The largest absolute Gasteiger partial charge is 0.441 e. The molecule has 7 heteroatoms. The van der Waals surface area contributed by atoms with Crippen LogP contribution in [0.2, 0.25) is 0 Å². The van der Waals surface area contributed by atoms with E-state index in [1.54, 1.807) is 6.20 Å². The topological polar surface area (TPSA) is 68.0 Å². The van der Waals surface area contributed by atoms with Gasteiger partial charge in [-0.15, -0.1) is 11.3 Å². The van der Waals surface area contributed by atoms with Crippen molar-refractivity contribution in [3.8, 4) is 22.6 Å². The van der Waals surface area contributed by atoms with E-state index >= 15 is 0 Å². The van der Waals surface area contributed by atoms with Crippen LogP contribution in [0.4, 0.5) is 5.13 Å². The highest BCUT2D eigenvalue weighted by Crippen LogP contribution is 2.27. The number of oxazole rings is 1. The van der Waals surface area contributed by atoms with Crippen molar-refractivity contribution in [2.24, 2.45) is 0 Å². The summed E-state index contributed by atoms with van der Waals surface area (Å²) in [6.07, 6.45) is 2.42. The Bertz CT molecular complexity index is 1160. The number of carbonyl (C=O) groups excluding carboxylic acids is 1. The van der Waals surface area contributed by atoms with E-state index in [0.717, 1.165) is 21.3 Å². The van der Waals surface area contributed by atoms with Crippen molar-refractivity contribution in [2.45, 2.75) is 32.6 Å². The van der Waals surface area contributed by atoms with E-state index in [-0.39, 0.29) is 12.3 Å². The van der Waals surface area contributed by atoms with Crippen molar-refractivity contribution >= 4 is 38.3 Å². The summed E-state index contributed by atoms with van der Waals surface area (Å²) < 4.78 is 6.85. The summed E-state index contributed by atoms with van der Waals surface area (Å²) in [6, 6.07) is 16.2. The summed E-state index contributed by atoms with van der Waals surface area (Å²) >= 11 is 4.84. The Hall–Kier alpha value is -2.77. The highest BCUT2D eigenvalue weighted by Gasteiger charge is 2.12. The molecule has 0 saturated heterocycles. The SMILES string of the molecule is CC(C)c1ccc(-c2cnc(CCC(=O)Nc3nc(-c4ccc(Br)cc4)cs3)o2)cc1. The smallest absolute Gasteiger partial charge is 0.226 e. The van der Waals surface area contributed by atoms with Gasteiger partial charge in [0.1, 0.15) is 0 Å². The monoisotopic (exact) mass is 495 g/mol. The van der Waals surface area contributed by atoms with Gasteiger partial charge in [-0.05, 0) is 23.6 Å². The minimum absolute atomic E-state index is 0.113. The second-order valence-corrected chi connectivity index (χ2v) is 9.26. The zero-order chi connectivity index (χ0) is 21.8. The zero-order valence-corrected chi connectivity index (χ0v) is 19.7. The predicted molar refractivity (Wildman–Crippen MR) is 128 cm³/mol. The van der Waals surface area contributed by atoms with Gasteiger partial charge in [-0.2, -0.15) is 0 Å². The molecule has 2 aromatic carbocycles. The van der Waals surface area contributed by atoms with Gasteiger partial charge >= 0.3 is 0 Å². The normalized spacial score (nSPS) is 11.1. The number of aryl methyl sites for hydroxylation is 1. The Morgan fingerprint density at radius 2 is 1.81 bits per heavy atom. The van der Waals surface area contributed by atoms with Crippen molar-refractivity contribution in [3.05, 3.63) is 76.0 Å². The molecule has 0 atom stereocenters. The van der Waals surface area contributed by atoms with Crippen molar-refractivity contribution in [1.29, 1.82) is 0 Å². The molecule has 158 valence electrons. The van der Waals surface area contributed by atoms with Gasteiger partial charge in [-0.1, -0.05) is 66.2 Å². The van der Waals surface area contributed by atoms with Crippen LogP contribution in [0.15, 0.2) is 69.0 Å². The molecule has 2 aromatic heterocycles. The van der Waals surface area contributed by atoms with Gasteiger partial charge in [-0.25, -0.2) is 9.97 Å². The number of benzene rings is 2. The van der Waals surface area contributed by atoms with E-state index < -0.39 is 0 Å². The number of hydrogen-bond acceptors (Lipinski definition) is 5. The van der Waals surface area contributed by atoms with Crippen molar-refractivity contribution in [1.82, 2.24) is 9.97 Å². The first-order valence-corrected chi connectivity index (χ1v) is 11.7. The lowest BCUT2D eigenvalue weighted by Crippen LogP contribution is -2.12. The molecule has 0 saturated carbocycles. The summed E-state index contributed by atoms with van der Waals surface area (Å²) in [4.78, 5) is 21.2. The molecule has 0 bridgehead atoms. The van der Waals surface area contributed by atoms with Gasteiger partial charge in [0.25, 0.3) is 0 Å². The lowest BCUT2D eigenvalue weighted by molar-refractivity contribution is -0.116. The number of nitrogens with zero attached hydrogens (tertiary/aromatic N) is 2. The number of amides is 1. The summed E-state index contributed by atoms with van der Waals surface area (Å²) in [7, 11) is 0. The van der Waals surface area contributed by atoms with Crippen LogP contribution in [0, 0.1) is 0 Å². The van der Waals surface area contributed by atoms with Crippen LogP contribution in [0.25, 0.3) is 22.6 Å². The second kappa shape index (κ2) is 9.58. The molecule has 1 N–H and O–H groups in total. The third kappa shape index (κ3) is 5.48. The van der Waals surface area contributed by atoms with E-state index in [9.17, 15) is 4.79 Å². The predicted octanol–water partition coefficient (Wildman–Crippen LogP) is 6.92. The Balaban J connectivity index is 1.32. The molecule has 0 fully saturated rings. The van der Waals surface area contributed by atoms with Gasteiger partial charge in [0.2, 0.25) is 5.91 Å². The van der Waals surface area contributed by atoms with Crippen molar-refractivity contribution in [2.75, 3.05) is 5.32 Å². The molecular weight excluding hydrogens is 474 g/mol. The fraction of sp³-hybridized carbons (Fsp3) is 0.208.